The number of aliphatic imine (C=N–C) groups is 1. The number of halogens is 1. The summed E-state index contributed by atoms with van der Waals surface area (Å²) in [5.41, 5.74) is 2.38. The highest BCUT2D eigenvalue weighted by molar-refractivity contribution is 9.10. The van der Waals surface area contributed by atoms with Crippen molar-refractivity contribution in [2.75, 3.05) is 12.4 Å². The Morgan fingerprint density at radius 1 is 1.46 bits per heavy atom. The van der Waals surface area contributed by atoms with E-state index < -0.39 is 0 Å². The Bertz CT molecular complexity index is 360. The lowest BCUT2D eigenvalue weighted by molar-refractivity contribution is 0.888. The molecule has 0 saturated heterocycles. The van der Waals surface area contributed by atoms with Gasteiger partial charge in [-0.05, 0) is 23.8 Å². The minimum atomic E-state index is 0.828. The van der Waals surface area contributed by atoms with E-state index in [0.29, 0.717) is 0 Å². The summed E-state index contributed by atoms with van der Waals surface area (Å²) in [6.45, 7) is 0.828. The molecule has 1 aromatic carbocycles. The molecule has 2 rings (SSSR count). The van der Waals surface area contributed by atoms with Crippen LogP contribution in [0.15, 0.2) is 27.7 Å². The van der Waals surface area contributed by atoms with Crippen LogP contribution >= 0.6 is 15.9 Å². The predicted octanol–water partition coefficient (Wildman–Crippen LogP) is 1.95. The van der Waals surface area contributed by atoms with Gasteiger partial charge in [-0.15, -0.1) is 0 Å². The fourth-order valence-corrected chi connectivity index (χ4v) is 1.72. The number of hydrogen-bond acceptors (Lipinski definition) is 1. The minimum absolute atomic E-state index is 0.828. The first-order valence-electron chi connectivity index (χ1n) is 4.05. The molecule has 0 bridgehead atoms. The SMILES string of the molecule is CN=C1NCc2cc(Br)ccc2N1. The fourth-order valence-electron chi connectivity index (χ4n) is 1.32. The molecule has 0 spiro atoms. The van der Waals surface area contributed by atoms with E-state index in [9.17, 15) is 0 Å². The summed E-state index contributed by atoms with van der Waals surface area (Å²) in [6.07, 6.45) is 0. The number of benzene rings is 1. The Morgan fingerprint density at radius 2 is 2.31 bits per heavy atom. The average molecular weight is 240 g/mol. The summed E-state index contributed by atoms with van der Waals surface area (Å²) in [5.74, 6) is 0.829. The number of guanidine groups is 1. The predicted molar refractivity (Wildman–Crippen MR) is 58.0 cm³/mol. The van der Waals surface area contributed by atoms with E-state index in [1.807, 2.05) is 12.1 Å². The molecule has 2 N–H and O–H groups in total. The van der Waals surface area contributed by atoms with Crippen molar-refractivity contribution in [3.05, 3.63) is 28.2 Å². The zero-order valence-electron chi connectivity index (χ0n) is 7.26. The highest BCUT2D eigenvalue weighted by Crippen LogP contribution is 2.22. The molecule has 4 heteroatoms. The second-order valence-electron chi connectivity index (χ2n) is 2.85. The highest BCUT2D eigenvalue weighted by atomic mass is 79.9. The molecule has 1 aliphatic rings. The largest absolute Gasteiger partial charge is 0.352 e. The molecule has 1 aromatic rings. The standard InChI is InChI=1S/C9H10BrN3/c1-11-9-12-5-6-4-7(10)2-3-8(6)13-9/h2-4H,5H2,1H3,(H2,11,12,13). The third-order valence-electron chi connectivity index (χ3n) is 1.99. The van der Waals surface area contributed by atoms with Crippen molar-refractivity contribution in [3.8, 4) is 0 Å². The highest BCUT2D eigenvalue weighted by Gasteiger charge is 2.11. The number of rotatable bonds is 0. The Hall–Kier alpha value is -1.03. The van der Waals surface area contributed by atoms with Crippen LogP contribution in [0, 0.1) is 0 Å². The normalized spacial score (nSPS) is 17.5. The summed E-state index contributed by atoms with van der Waals surface area (Å²) in [5, 5.41) is 6.36. The van der Waals surface area contributed by atoms with Crippen molar-refractivity contribution < 1.29 is 0 Å². The van der Waals surface area contributed by atoms with Gasteiger partial charge < -0.3 is 10.6 Å². The molecule has 1 heterocycles. The first kappa shape index (κ1) is 8.56. The number of anilines is 1. The van der Waals surface area contributed by atoms with Gasteiger partial charge in [0.25, 0.3) is 0 Å². The zero-order valence-corrected chi connectivity index (χ0v) is 8.85. The maximum absolute atomic E-state index is 4.05. The van der Waals surface area contributed by atoms with Gasteiger partial charge in [-0.2, -0.15) is 0 Å². The first-order valence-corrected chi connectivity index (χ1v) is 4.85. The molecule has 1 aliphatic heterocycles. The second-order valence-corrected chi connectivity index (χ2v) is 3.77. The van der Waals surface area contributed by atoms with Gasteiger partial charge in [0.05, 0.1) is 0 Å². The quantitative estimate of drug-likeness (QED) is 0.727. The van der Waals surface area contributed by atoms with Gasteiger partial charge in [-0.1, -0.05) is 15.9 Å². The Labute approximate surface area is 85.4 Å². The molecular weight excluding hydrogens is 230 g/mol. The molecule has 0 saturated carbocycles. The lowest BCUT2D eigenvalue weighted by Crippen LogP contribution is -2.34. The molecule has 0 radical (unpaired) electrons. The van der Waals surface area contributed by atoms with Gasteiger partial charge in [0, 0.05) is 23.8 Å². The molecule has 68 valence electrons. The summed E-state index contributed by atoms with van der Waals surface area (Å²) in [6, 6.07) is 6.16. The lowest BCUT2D eigenvalue weighted by Gasteiger charge is -2.21. The van der Waals surface area contributed by atoms with Crippen LogP contribution in [0.2, 0.25) is 0 Å². The number of nitrogens with one attached hydrogen (secondary N) is 2. The van der Waals surface area contributed by atoms with Crippen molar-refractivity contribution >= 4 is 27.6 Å². The summed E-state index contributed by atoms with van der Waals surface area (Å²) < 4.78 is 1.10. The smallest absolute Gasteiger partial charge is 0.195 e. The van der Waals surface area contributed by atoms with Gasteiger partial charge >= 0.3 is 0 Å². The summed E-state index contributed by atoms with van der Waals surface area (Å²) >= 11 is 3.44. The lowest BCUT2D eigenvalue weighted by atomic mass is 10.1. The van der Waals surface area contributed by atoms with Gasteiger partial charge in [0.2, 0.25) is 0 Å². The Morgan fingerprint density at radius 3 is 3.08 bits per heavy atom. The van der Waals surface area contributed by atoms with Crippen molar-refractivity contribution in [2.45, 2.75) is 6.54 Å². The zero-order chi connectivity index (χ0) is 9.26. The topological polar surface area (TPSA) is 36.4 Å². The molecule has 0 amide bonds. The molecule has 0 atom stereocenters. The molecule has 0 unspecified atom stereocenters. The van der Waals surface area contributed by atoms with Crippen LogP contribution in [0.4, 0.5) is 5.69 Å². The third kappa shape index (κ3) is 1.67. The first-order chi connectivity index (χ1) is 6.29. The van der Waals surface area contributed by atoms with Crippen molar-refractivity contribution in [1.82, 2.24) is 5.32 Å². The van der Waals surface area contributed by atoms with Crippen LogP contribution in [0.5, 0.6) is 0 Å². The van der Waals surface area contributed by atoms with E-state index in [4.69, 9.17) is 0 Å². The molecule has 0 aromatic heterocycles. The van der Waals surface area contributed by atoms with Crippen molar-refractivity contribution in [1.29, 1.82) is 0 Å². The van der Waals surface area contributed by atoms with Gasteiger partial charge in [0.15, 0.2) is 5.96 Å². The Kier molecular flexibility index (Phi) is 2.22. The van der Waals surface area contributed by atoms with E-state index in [1.165, 1.54) is 5.56 Å². The van der Waals surface area contributed by atoms with Crippen LogP contribution in [0.3, 0.4) is 0 Å². The Balaban J connectivity index is 2.37. The van der Waals surface area contributed by atoms with Gasteiger partial charge in [-0.25, -0.2) is 0 Å². The molecule has 0 fully saturated rings. The number of hydrogen-bond donors (Lipinski definition) is 2. The molecule has 13 heavy (non-hydrogen) atoms. The van der Waals surface area contributed by atoms with E-state index >= 15 is 0 Å². The van der Waals surface area contributed by atoms with E-state index in [-0.39, 0.29) is 0 Å². The van der Waals surface area contributed by atoms with Gasteiger partial charge in [-0.3, -0.25) is 4.99 Å². The second kappa shape index (κ2) is 3.38. The van der Waals surface area contributed by atoms with Gasteiger partial charge in [0.1, 0.15) is 0 Å². The molecule has 3 nitrogen and oxygen atoms in total. The van der Waals surface area contributed by atoms with Crippen LogP contribution in [0.1, 0.15) is 5.56 Å². The maximum atomic E-state index is 4.05. The molecule has 0 aliphatic carbocycles. The summed E-state index contributed by atoms with van der Waals surface area (Å²) in [7, 11) is 1.76. The van der Waals surface area contributed by atoms with E-state index in [2.05, 4.69) is 37.6 Å². The number of nitrogens with zero attached hydrogens (tertiary/aromatic N) is 1. The van der Waals surface area contributed by atoms with Crippen LogP contribution < -0.4 is 10.6 Å². The third-order valence-corrected chi connectivity index (χ3v) is 2.48. The van der Waals surface area contributed by atoms with Crippen LogP contribution in [0.25, 0.3) is 0 Å². The monoisotopic (exact) mass is 239 g/mol. The van der Waals surface area contributed by atoms with Crippen molar-refractivity contribution in [3.63, 3.8) is 0 Å². The molecular formula is C9H10BrN3. The van der Waals surface area contributed by atoms with Crippen LogP contribution in [-0.4, -0.2) is 13.0 Å². The maximum Gasteiger partial charge on any atom is 0.195 e. The van der Waals surface area contributed by atoms with E-state index in [0.717, 1.165) is 22.7 Å². The average Bonchev–Trinajstić information content (AvgIpc) is 2.17. The fraction of sp³-hybridized carbons (Fsp3) is 0.222. The van der Waals surface area contributed by atoms with Crippen molar-refractivity contribution in [2.24, 2.45) is 4.99 Å². The van der Waals surface area contributed by atoms with E-state index in [1.54, 1.807) is 7.05 Å². The number of fused-ring (bicyclic) bond motifs is 1. The van der Waals surface area contributed by atoms with Crippen LogP contribution in [-0.2, 0) is 6.54 Å². The summed E-state index contributed by atoms with van der Waals surface area (Å²) in [4.78, 5) is 4.05. The minimum Gasteiger partial charge on any atom is -0.352 e.